The maximum Gasteiger partial charge on any atom is 0.274 e. The van der Waals surface area contributed by atoms with Gasteiger partial charge in [-0.3, -0.25) is 14.8 Å². The molecule has 1 saturated heterocycles. The fourth-order valence-electron chi connectivity index (χ4n) is 3.99. The first kappa shape index (κ1) is 20.3. The summed E-state index contributed by atoms with van der Waals surface area (Å²) in [5.41, 5.74) is 2.92. The smallest absolute Gasteiger partial charge is 0.274 e. The van der Waals surface area contributed by atoms with E-state index in [0.717, 1.165) is 0 Å². The maximum atomic E-state index is 14.6. The van der Waals surface area contributed by atoms with Gasteiger partial charge in [-0.25, -0.2) is 9.87 Å². The van der Waals surface area contributed by atoms with Crippen molar-refractivity contribution in [3.05, 3.63) is 65.0 Å². The van der Waals surface area contributed by atoms with Crippen molar-refractivity contribution in [3.63, 3.8) is 0 Å². The number of hydrogen-bond acceptors (Lipinski definition) is 5. The van der Waals surface area contributed by atoms with Crippen molar-refractivity contribution in [2.24, 2.45) is 5.92 Å². The van der Waals surface area contributed by atoms with Gasteiger partial charge in [0.15, 0.2) is 0 Å². The van der Waals surface area contributed by atoms with E-state index < -0.39 is 17.8 Å². The lowest BCUT2D eigenvalue weighted by atomic mass is 9.96. The summed E-state index contributed by atoms with van der Waals surface area (Å²) in [6, 6.07) is 10.5. The number of carbonyl (C=O) groups is 2. The van der Waals surface area contributed by atoms with Gasteiger partial charge < -0.3 is 14.4 Å². The van der Waals surface area contributed by atoms with E-state index in [-0.39, 0.29) is 30.5 Å². The standard InChI is InChI=1S/C22H23FN2O5/c23-18-4-2-1-3-17(18)19-13-30-20-11-15(21(26)24-28)5-6-16(20)12-25(19)22(27)14-7-9-29-10-8-14/h1-6,11,14,19,28H,7-10,12-13H2,(H,24,26)/t19-/m0/s1. The van der Waals surface area contributed by atoms with E-state index in [1.54, 1.807) is 40.7 Å². The Morgan fingerprint density at radius 3 is 2.63 bits per heavy atom. The lowest BCUT2D eigenvalue weighted by Crippen LogP contribution is -2.41. The van der Waals surface area contributed by atoms with E-state index in [1.165, 1.54) is 12.1 Å². The molecule has 0 spiro atoms. The molecule has 2 aliphatic rings. The molecule has 0 unspecified atom stereocenters. The van der Waals surface area contributed by atoms with E-state index in [1.807, 2.05) is 0 Å². The molecular formula is C22H23FN2O5. The van der Waals surface area contributed by atoms with Gasteiger partial charge in [0, 0.05) is 35.8 Å². The van der Waals surface area contributed by atoms with Crippen LogP contribution in [0.1, 0.15) is 40.4 Å². The second-order valence-corrected chi connectivity index (χ2v) is 7.46. The third kappa shape index (κ3) is 4.01. The highest BCUT2D eigenvalue weighted by molar-refractivity contribution is 5.93. The fourth-order valence-corrected chi connectivity index (χ4v) is 3.99. The Kier molecular flexibility index (Phi) is 5.96. The van der Waals surface area contributed by atoms with Gasteiger partial charge >= 0.3 is 0 Å². The third-order valence-corrected chi connectivity index (χ3v) is 5.66. The van der Waals surface area contributed by atoms with Gasteiger partial charge in [0.05, 0.1) is 12.6 Å². The molecule has 2 aromatic rings. The molecule has 2 amide bonds. The first-order chi connectivity index (χ1) is 14.6. The number of hydroxylamine groups is 1. The van der Waals surface area contributed by atoms with E-state index in [0.29, 0.717) is 42.9 Å². The Hall–Kier alpha value is -2.97. The van der Waals surface area contributed by atoms with Crippen LogP contribution in [0, 0.1) is 11.7 Å². The van der Waals surface area contributed by atoms with Crippen LogP contribution in [0.15, 0.2) is 42.5 Å². The van der Waals surface area contributed by atoms with Crippen LogP contribution in [-0.2, 0) is 16.1 Å². The number of nitrogens with zero attached hydrogens (tertiary/aromatic N) is 1. The Balaban J connectivity index is 1.71. The van der Waals surface area contributed by atoms with Crippen molar-refractivity contribution in [2.75, 3.05) is 19.8 Å². The van der Waals surface area contributed by atoms with Crippen LogP contribution in [0.25, 0.3) is 0 Å². The number of carbonyl (C=O) groups excluding carboxylic acids is 2. The minimum atomic E-state index is -0.661. The SMILES string of the molecule is O=C(NO)c1ccc2c(c1)OC[C@@H](c1ccccc1F)N(C(=O)C1CCOCC1)C2. The fraction of sp³-hybridized carbons (Fsp3) is 0.364. The molecule has 158 valence electrons. The average Bonchev–Trinajstić information content (AvgIpc) is 2.98. The number of amides is 2. The molecular weight excluding hydrogens is 391 g/mol. The minimum Gasteiger partial charge on any atom is -0.491 e. The maximum absolute atomic E-state index is 14.6. The van der Waals surface area contributed by atoms with Gasteiger partial charge in [0.25, 0.3) is 5.91 Å². The number of halogens is 1. The van der Waals surface area contributed by atoms with Crippen molar-refractivity contribution in [1.29, 1.82) is 0 Å². The van der Waals surface area contributed by atoms with E-state index in [2.05, 4.69) is 0 Å². The Morgan fingerprint density at radius 2 is 1.90 bits per heavy atom. The Labute approximate surface area is 173 Å². The second kappa shape index (κ2) is 8.81. The predicted octanol–water partition coefficient (Wildman–Crippen LogP) is 2.83. The van der Waals surface area contributed by atoms with Gasteiger partial charge in [-0.15, -0.1) is 0 Å². The molecule has 30 heavy (non-hydrogen) atoms. The molecule has 2 N–H and O–H groups in total. The summed E-state index contributed by atoms with van der Waals surface area (Å²) in [6.07, 6.45) is 1.26. The van der Waals surface area contributed by atoms with Crippen LogP contribution in [0.4, 0.5) is 4.39 Å². The van der Waals surface area contributed by atoms with Crippen LogP contribution in [-0.4, -0.2) is 41.7 Å². The van der Waals surface area contributed by atoms with Gasteiger partial charge in [0.1, 0.15) is 18.2 Å². The van der Waals surface area contributed by atoms with Crippen molar-refractivity contribution < 1.29 is 28.7 Å². The molecule has 7 nitrogen and oxygen atoms in total. The Bertz CT molecular complexity index is 945. The second-order valence-electron chi connectivity index (χ2n) is 7.46. The topological polar surface area (TPSA) is 88.1 Å². The third-order valence-electron chi connectivity index (χ3n) is 5.66. The quantitative estimate of drug-likeness (QED) is 0.596. The van der Waals surface area contributed by atoms with Gasteiger partial charge in [0.2, 0.25) is 5.91 Å². The summed E-state index contributed by atoms with van der Waals surface area (Å²) in [6.45, 7) is 1.33. The van der Waals surface area contributed by atoms with Crippen LogP contribution in [0.3, 0.4) is 0 Å². The van der Waals surface area contributed by atoms with Crippen LogP contribution in [0.2, 0.25) is 0 Å². The Morgan fingerprint density at radius 1 is 1.13 bits per heavy atom. The summed E-state index contributed by atoms with van der Waals surface area (Å²) in [5.74, 6) is -0.873. The molecule has 2 aliphatic heterocycles. The van der Waals surface area contributed by atoms with Gasteiger partial charge in [-0.05, 0) is 31.0 Å². The molecule has 4 rings (SSSR count). The molecule has 0 bridgehead atoms. The van der Waals surface area contributed by atoms with Crippen molar-refractivity contribution in [1.82, 2.24) is 10.4 Å². The normalized spacial score (nSPS) is 19.4. The minimum absolute atomic E-state index is 0.0487. The van der Waals surface area contributed by atoms with Crippen molar-refractivity contribution in [3.8, 4) is 5.75 Å². The summed E-state index contributed by atoms with van der Waals surface area (Å²) in [5, 5.41) is 8.88. The first-order valence-corrected chi connectivity index (χ1v) is 9.91. The van der Waals surface area contributed by atoms with E-state index >= 15 is 0 Å². The number of nitrogens with one attached hydrogen (secondary N) is 1. The monoisotopic (exact) mass is 414 g/mol. The molecule has 0 saturated carbocycles. The van der Waals surface area contributed by atoms with E-state index in [9.17, 15) is 14.0 Å². The zero-order valence-electron chi connectivity index (χ0n) is 16.3. The molecule has 2 aromatic carbocycles. The van der Waals surface area contributed by atoms with Crippen LogP contribution >= 0.6 is 0 Å². The molecule has 0 aromatic heterocycles. The molecule has 0 aliphatic carbocycles. The van der Waals surface area contributed by atoms with Gasteiger partial charge in [-0.1, -0.05) is 24.3 Å². The van der Waals surface area contributed by atoms with Crippen molar-refractivity contribution >= 4 is 11.8 Å². The summed E-state index contributed by atoms with van der Waals surface area (Å²) in [4.78, 5) is 26.9. The first-order valence-electron chi connectivity index (χ1n) is 9.91. The number of hydrogen-bond donors (Lipinski definition) is 2. The van der Waals surface area contributed by atoms with E-state index in [4.69, 9.17) is 14.7 Å². The summed E-state index contributed by atoms with van der Waals surface area (Å²) < 4.78 is 25.9. The number of fused-ring (bicyclic) bond motifs is 1. The highest BCUT2D eigenvalue weighted by atomic mass is 19.1. The average molecular weight is 414 g/mol. The highest BCUT2D eigenvalue weighted by Crippen LogP contribution is 2.35. The lowest BCUT2D eigenvalue weighted by Gasteiger charge is -2.34. The summed E-state index contributed by atoms with van der Waals surface area (Å²) >= 11 is 0. The largest absolute Gasteiger partial charge is 0.491 e. The lowest BCUT2D eigenvalue weighted by molar-refractivity contribution is -0.142. The number of rotatable bonds is 3. The molecule has 1 fully saturated rings. The van der Waals surface area contributed by atoms with Crippen LogP contribution < -0.4 is 10.2 Å². The molecule has 1 atom stereocenters. The van der Waals surface area contributed by atoms with Crippen molar-refractivity contribution in [2.45, 2.75) is 25.4 Å². The molecule has 2 heterocycles. The van der Waals surface area contributed by atoms with Gasteiger partial charge in [-0.2, -0.15) is 0 Å². The number of ether oxygens (including phenoxy) is 2. The molecule has 8 heteroatoms. The zero-order valence-corrected chi connectivity index (χ0v) is 16.3. The summed E-state index contributed by atoms with van der Waals surface area (Å²) in [7, 11) is 0. The zero-order chi connectivity index (χ0) is 21.1. The molecule has 0 radical (unpaired) electrons. The van der Waals surface area contributed by atoms with Crippen LogP contribution in [0.5, 0.6) is 5.75 Å². The predicted molar refractivity (Wildman–Crippen MR) is 104 cm³/mol. The number of benzene rings is 2. The highest BCUT2D eigenvalue weighted by Gasteiger charge is 2.35.